The van der Waals surface area contributed by atoms with E-state index in [1.807, 2.05) is 0 Å². The molecule has 0 aromatic heterocycles. The number of nitrogens with zero attached hydrogens (tertiary/aromatic N) is 1. The van der Waals surface area contributed by atoms with Crippen LogP contribution in [0.2, 0.25) is 0 Å². The van der Waals surface area contributed by atoms with E-state index in [4.69, 9.17) is 10.4 Å². The van der Waals surface area contributed by atoms with E-state index >= 15 is 0 Å². The van der Waals surface area contributed by atoms with Crippen LogP contribution in [0.5, 0.6) is 0 Å². The number of aliphatic hydroxyl groups is 1. The molecular weight excluding hydrogens is 214 g/mol. The zero-order valence-electron chi connectivity index (χ0n) is 8.80. The highest BCUT2D eigenvalue weighted by Gasteiger charge is 2.13. The van der Waals surface area contributed by atoms with Crippen molar-refractivity contribution in [2.45, 2.75) is 6.92 Å². The third kappa shape index (κ3) is 2.67. The van der Waals surface area contributed by atoms with Crippen molar-refractivity contribution in [3.05, 3.63) is 29.3 Å². The van der Waals surface area contributed by atoms with E-state index in [9.17, 15) is 8.78 Å². The van der Waals surface area contributed by atoms with Gasteiger partial charge < -0.3 is 10.4 Å². The van der Waals surface area contributed by atoms with Crippen LogP contribution in [0.4, 0.5) is 14.5 Å². The lowest BCUT2D eigenvalue weighted by Crippen LogP contribution is -2.15. The molecule has 1 unspecified atom stereocenters. The Morgan fingerprint density at radius 3 is 2.69 bits per heavy atom. The van der Waals surface area contributed by atoms with Crippen LogP contribution in [0, 0.1) is 28.9 Å². The summed E-state index contributed by atoms with van der Waals surface area (Å²) in [4.78, 5) is 0. The maximum absolute atomic E-state index is 13.4. The summed E-state index contributed by atoms with van der Waals surface area (Å²) in [5.41, 5.74) is -0.324. The number of benzene rings is 1. The molecule has 0 saturated heterocycles. The molecule has 5 heteroatoms. The Bertz CT molecular complexity index is 415. The quantitative estimate of drug-likeness (QED) is 0.824. The van der Waals surface area contributed by atoms with Gasteiger partial charge in [-0.2, -0.15) is 5.26 Å². The average Bonchev–Trinajstić information content (AvgIpc) is 2.30. The summed E-state index contributed by atoms with van der Waals surface area (Å²) >= 11 is 0. The van der Waals surface area contributed by atoms with Gasteiger partial charge in [-0.3, -0.25) is 0 Å². The predicted molar refractivity (Wildman–Crippen MR) is 55.8 cm³/mol. The van der Waals surface area contributed by atoms with E-state index in [2.05, 4.69) is 5.32 Å². The molecular formula is C11H12F2N2O. The van der Waals surface area contributed by atoms with Crippen LogP contribution in [-0.4, -0.2) is 18.3 Å². The van der Waals surface area contributed by atoms with E-state index in [1.165, 1.54) is 12.1 Å². The van der Waals surface area contributed by atoms with Gasteiger partial charge >= 0.3 is 0 Å². The molecule has 3 nitrogen and oxygen atoms in total. The van der Waals surface area contributed by atoms with Gasteiger partial charge in [0.2, 0.25) is 0 Å². The zero-order chi connectivity index (χ0) is 12.1. The third-order valence-corrected chi connectivity index (χ3v) is 2.16. The number of halogens is 2. The molecule has 86 valence electrons. The summed E-state index contributed by atoms with van der Waals surface area (Å²) in [6.45, 7) is 2.07. The Balaban J connectivity index is 2.84. The normalized spacial score (nSPS) is 11.9. The Morgan fingerprint density at radius 1 is 1.44 bits per heavy atom. The maximum atomic E-state index is 13.4. The van der Waals surface area contributed by atoms with Crippen molar-refractivity contribution in [1.29, 1.82) is 5.26 Å². The number of hydrogen-bond donors (Lipinski definition) is 2. The maximum Gasteiger partial charge on any atom is 0.183 e. The van der Waals surface area contributed by atoms with Gasteiger partial charge in [-0.05, 0) is 18.1 Å². The van der Waals surface area contributed by atoms with Gasteiger partial charge in [-0.25, -0.2) is 8.78 Å². The molecule has 1 atom stereocenters. The second-order valence-corrected chi connectivity index (χ2v) is 3.57. The highest BCUT2D eigenvalue weighted by molar-refractivity contribution is 5.49. The van der Waals surface area contributed by atoms with Gasteiger partial charge in [0.1, 0.15) is 6.07 Å². The van der Waals surface area contributed by atoms with Crippen molar-refractivity contribution in [3.8, 4) is 6.07 Å². The van der Waals surface area contributed by atoms with E-state index in [1.54, 1.807) is 13.0 Å². The van der Waals surface area contributed by atoms with Crippen molar-refractivity contribution in [2.24, 2.45) is 5.92 Å². The van der Waals surface area contributed by atoms with E-state index in [0.717, 1.165) is 0 Å². The molecule has 0 bridgehead atoms. The molecule has 0 spiro atoms. The Hall–Kier alpha value is -1.67. The highest BCUT2D eigenvalue weighted by Crippen LogP contribution is 2.20. The second-order valence-electron chi connectivity index (χ2n) is 3.57. The van der Waals surface area contributed by atoms with E-state index in [-0.39, 0.29) is 23.8 Å². The van der Waals surface area contributed by atoms with Crippen molar-refractivity contribution >= 4 is 5.69 Å². The monoisotopic (exact) mass is 226 g/mol. The molecule has 0 aliphatic rings. The molecule has 0 heterocycles. The molecule has 16 heavy (non-hydrogen) atoms. The first-order valence-electron chi connectivity index (χ1n) is 4.83. The second kappa shape index (κ2) is 5.42. The van der Waals surface area contributed by atoms with Crippen LogP contribution < -0.4 is 5.32 Å². The van der Waals surface area contributed by atoms with Crippen LogP contribution in [0.15, 0.2) is 12.1 Å². The smallest absolute Gasteiger partial charge is 0.183 e. The molecule has 1 aromatic carbocycles. The SMILES string of the molecule is CC(CO)CNc1ccc(C#N)c(F)c1F. The van der Waals surface area contributed by atoms with E-state index in [0.29, 0.717) is 6.54 Å². The molecule has 0 aliphatic heterocycles. The van der Waals surface area contributed by atoms with Gasteiger partial charge in [0, 0.05) is 13.2 Å². The van der Waals surface area contributed by atoms with E-state index < -0.39 is 11.6 Å². The topological polar surface area (TPSA) is 56.0 Å². The summed E-state index contributed by atoms with van der Waals surface area (Å²) in [6.07, 6.45) is 0. The minimum atomic E-state index is -1.15. The molecule has 1 rings (SSSR count). The first kappa shape index (κ1) is 12.4. The molecule has 0 fully saturated rings. The van der Waals surface area contributed by atoms with Gasteiger partial charge in [-0.15, -0.1) is 0 Å². The summed E-state index contributed by atoms with van der Waals surface area (Å²) in [6, 6.07) is 4.08. The lowest BCUT2D eigenvalue weighted by atomic mass is 10.1. The first-order chi connectivity index (χ1) is 7.60. The van der Waals surface area contributed by atoms with Gasteiger partial charge in [-0.1, -0.05) is 6.92 Å². The third-order valence-electron chi connectivity index (χ3n) is 2.16. The predicted octanol–water partition coefficient (Wildman–Crippen LogP) is 1.88. The average molecular weight is 226 g/mol. The number of rotatable bonds is 4. The fourth-order valence-corrected chi connectivity index (χ4v) is 1.12. The van der Waals surface area contributed by atoms with Crippen LogP contribution in [0.25, 0.3) is 0 Å². The van der Waals surface area contributed by atoms with Crippen LogP contribution in [0.1, 0.15) is 12.5 Å². The Labute approximate surface area is 92.3 Å². The molecule has 0 amide bonds. The molecule has 2 N–H and O–H groups in total. The zero-order valence-corrected chi connectivity index (χ0v) is 8.80. The highest BCUT2D eigenvalue weighted by atomic mass is 19.2. The molecule has 0 saturated carbocycles. The van der Waals surface area contributed by atoms with Gasteiger partial charge in [0.05, 0.1) is 11.3 Å². The summed E-state index contributed by atoms with van der Waals surface area (Å²) in [5, 5.41) is 19.9. The van der Waals surface area contributed by atoms with Crippen LogP contribution in [-0.2, 0) is 0 Å². The summed E-state index contributed by atoms with van der Waals surface area (Å²) < 4.78 is 26.5. The van der Waals surface area contributed by atoms with Gasteiger partial charge in [0.25, 0.3) is 0 Å². The standard InChI is InChI=1S/C11H12F2N2O/c1-7(6-16)5-15-9-3-2-8(4-14)10(12)11(9)13/h2-3,7,15-16H,5-6H2,1H3. The minimum Gasteiger partial charge on any atom is -0.396 e. The Kier molecular flexibility index (Phi) is 4.20. The fraction of sp³-hybridized carbons (Fsp3) is 0.364. The molecule has 0 aliphatic carbocycles. The molecule has 0 radical (unpaired) electrons. The van der Waals surface area contributed by atoms with Crippen molar-refractivity contribution in [1.82, 2.24) is 0 Å². The number of nitriles is 1. The van der Waals surface area contributed by atoms with Crippen molar-refractivity contribution in [2.75, 3.05) is 18.5 Å². The fourth-order valence-electron chi connectivity index (χ4n) is 1.12. The lowest BCUT2D eigenvalue weighted by Gasteiger charge is -2.12. The lowest BCUT2D eigenvalue weighted by molar-refractivity contribution is 0.244. The first-order valence-corrected chi connectivity index (χ1v) is 4.83. The van der Waals surface area contributed by atoms with Gasteiger partial charge in [0.15, 0.2) is 11.6 Å². The minimum absolute atomic E-state index is 0.00296. The summed E-state index contributed by atoms with van der Waals surface area (Å²) in [5.74, 6) is -2.27. The number of nitrogens with one attached hydrogen (secondary N) is 1. The van der Waals surface area contributed by atoms with Crippen molar-refractivity contribution < 1.29 is 13.9 Å². The van der Waals surface area contributed by atoms with Crippen LogP contribution in [0.3, 0.4) is 0 Å². The number of hydrogen-bond acceptors (Lipinski definition) is 3. The van der Waals surface area contributed by atoms with Crippen molar-refractivity contribution in [3.63, 3.8) is 0 Å². The largest absolute Gasteiger partial charge is 0.396 e. The number of anilines is 1. The van der Waals surface area contributed by atoms with Crippen LogP contribution >= 0.6 is 0 Å². The number of aliphatic hydroxyl groups excluding tert-OH is 1. The summed E-state index contributed by atoms with van der Waals surface area (Å²) in [7, 11) is 0. The molecule has 1 aromatic rings. The Morgan fingerprint density at radius 2 is 2.12 bits per heavy atom.